The molecule has 0 spiro atoms. The van der Waals surface area contributed by atoms with E-state index in [4.69, 9.17) is 0 Å². The average molecular weight is 274 g/mol. The SMILES string of the molecule is CCNC1CCCN(C(=O)C2CCS(=O)(=O)C2)C1. The lowest BCUT2D eigenvalue weighted by atomic mass is 10.0. The van der Waals surface area contributed by atoms with Crippen molar-refractivity contribution in [3.63, 3.8) is 0 Å². The second-order valence-corrected chi connectivity index (χ2v) is 7.51. The van der Waals surface area contributed by atoms with Crippen LogP contribution >= 0.6 is 0 Å². The van der Waals surface area contributed by atoms with Gasteiger partial charge in [-0.25, -0.2) is 8.42 Å². The Bertz CT molecular complexity index is 406. The monoisotopic (exact) mass is 274 g/mol. The summed E-state index contributed by atoms with van der Waals surface area (Å²) in [5.41, 5.74) is 0. The summed E-state index contributed by atoms with van der Waals surface area (Å²) in [6, 6.07) is 0.366. The van der Waals surface area contributed by atoms with E-state index >= 15 is 0 Å². The Morgan fingerprint density at radius 1 is 1.39 bits per heavy atom. The van der Waals surface area contributed by atoms with Gasteiger partial charge in [-0.2, -0.15) is 0 Å². The predicted octanol–water partition coefficient (Wildman–Crippen LogP) is 0.0216. The molecule has 18 heavy (non-hydrogen) atoms. The lowest BCUT2D eigenvalue weighted by Crippen LogP contribution is -2.49. The maximum Gasteiger partial charge on any atom is 0.226 e. The smallest absolute Gasteiger partial charge is 0.226 e. The minimum atomic E-state index is -2.97. The molecule has 0 aliphatic carbocycles. The molecule has 1 amide bonds. The Labute approximate surface area is 109 Å². The third-order valence-corrected chi connectivity index (χ3v) is 5.58. The van der Waals surface area contributed by atoms with Gasteiger partial charge in [0.2, 0.25) is 5.91 Å². The number of piperidine rings is 1. The van der Waals surface area contributed by atoms with Crippen molar-refractivity contribution in [1.29, 1.82) is 0 Å². The normalized spacial score (nSPS) is 31.5. The van der Waals surface area contributed by atoms with Crippen LogP contribution in [0.15, 0.2) is 0 Å². The summed E-state index contributed by atoms with van der Waals surface area (Å²) in [7, 11) is -2.97. The molecule has 104 valence electrons. The Hall–Kier alpha value is -0.620. The molecule has 2 rings (SSSR count). The zero-order valence-corrected chi connectivity index (χ0v) is 11.7. The molecule has 0 saturated carbocycles. The number of nitrogens with one attached hydrogen (secondary N) is 1. The van der Waals surface area contributed by atoms with Crippen molar-refractivity contribution in [1.82, 2.24) is 10.2 Å². The van der Waals surface area contributed by atoms with Crippen LogP contribution in [-0.4, -0.2) is 56.4 Å². The highest BCUT2D eigenvalue weighted by atomic mass is 32.2. The molecule has 0 bridgehead atoms. The van der Waals surface area contributed by atoms with Crippen LogP contribution in [0.3, 0.4) is 0 Å². The van der Waals surface area contributed by atoms with Gasteiger partial charge in [-0.05, 0) is 25.8 Å². The van der Waals surface area contributed by atoms with Crippen LogP contribution in [0.4, 0.5) is 0 Å². The predicted molar refractivity (Wildman–Crippen MR) is 70.0 cm³/mol. The number of hydrogen-bond acceptors (Lipinski definition) is 4. The molecule has 2 atom stereocenters. The van der Waals surface area contributed by atoms with E-state index in [1.807, 2.05) is 4.90 Å². The lowest BCUT2D eigenvalue weighted by molar-refractivity contribution is -0.136. The molecule has 5 nitrogen and oxygen atoms in total. The quantitative estimate of drug-likeness (QED) is 0.788. The number of nitrogens with zero attached hydrogens (tertiary/aromatic N) is 1. The molecule has 2 saturated heterocycles. The van der Waals surface area contributed by atoms with Gasteiger partial charge in [0.1, 0.15) is 0 Å². The number of sulfone groups is 1. The van der Waals surface area contributed by atoms with Crippen molar-refractivity contribution < 1.29 is 13.2 Å². The van der Waals surface area contributed by atoms with E-state index in [-0.39, 0.29) is 23.3 Å². The third-order valence-electron chi connectivity index (χ3n) is 3.81. The summed E-state index contributed by atoms with van der Waals surface area (Å²) in [6.07, 6.45) is 2.60. The van der Waals surface area contributed by atoms with Crippen LogP contribution in [0.2, 0.25) is 0 Å². The zero-order valence-electron chi connectivity index (χ0n) is 10.9. The molecule has 0 aromatic carbocycles. The van der Waals surface area contributed by atoms with Crippen LogP contribution in [0.5, 0.6) is 0 Å². The molecule has 0 radical (unpaired) electrons. The van der Waals surface area contributed by atoms with Gasteiger partial charge in [0.05, 0.1) is 17.4 Å². The number of hydrogen-bond donors (Lipinski definition) is 1. The summed E-state index contributed by atoms with van der Waals surface area (Å²) < 4.78 is 22.8. The minimum Gasteiger partial charge on any atom is -0.341 e. The maximum absolute atomic E-state index is 12.3. The van der Waals surface area contributed by atoms with Gasteiger partial charge >= 0.3 is 0 Å². The fourth-order valence-electron chi connectivity index (χ4n) is 2.88. The van der Waals surface area contributed by atoms with Gasteiger partial charge in [0.25, 0.3) is 0 Å². The van der Waals surface area contributed by atoms with Crippen LogP contribution in [0.1, 0.15) is 26.2 Å². The number of rotatable bonds is 3. The number of likely N-dealkylation sites (tertiary alicyclic amines) is 1. The van der Waals surface area contributed by atoms with Gasteiger partial charge < -0.3 is 10.2 Å². The number of carbonyl (C=O) groups is 1. The van der Waals surface area contributed by atoms with Crippen LogP contribution in [0.25, 0.3) is 0 Å². The number of carbonyl (C=O) groups excluding carboxylic acids is 1. The highest BCUT2D eigenvalue weighted by molar-refractivity contribution is 7.91. The van der Waals surface area contributed by atoms with E-state index in [2.05, 4.69) is 12.2 Å². The van der Waals surface area contributed by atoms with Crippen LogP contribution < -0.4 is 5.32 Å². The summed E-state index contributed by atoms with van der Waals surface area (Å²) in [4.78, 5) is 14.1. The third kappa shape index (κ3) is 3.23. The Morgan fingerprint density at radius 3 is 2.78 bits per heavy atom. The van der Waals surface area contributed by atoms with Crippen molar-refractivity contribution in [2.75, 3.05) is 31.1 Å². The molecule has 2 aliphatic rings. The molecular formula is C12H22N2O3S. The van der Waals surface area contributed by atoms with Crippen molar-refractivity contribution >= 4 is 15.7 Å². The lowest BCUT2D eigenvalue weighted by Gasteiger charge is -2.34. The first-order chi connectivity index (χ1) is 8.52. The van der Waals surface area contributed by atoms with E-state index in [0.717, 1.165) is 32.5 Å². The minimum absolute atomic E-state index is 0.0404. The number of likely N-dealkylation sites (N-methyl/N-ethyl adjacent to an activating group) is 1. The van der Waals surface area contributed by atoms with Crippen molar-refractivity contribution in [3.05, 3.63) is 0 Å². The van der Waals surface area contributed by atoms with Crippen LogP contribution in [-0.2, 0) is 14.6 Å². The topological polar surface area (TPSA) is 66.5 Å². The van der Waals surface area contributed by atoms with Gasteiger partial charge in [-0.3, -0.25) is 4.79 Å². The standard InChI is InChI=1S/C12H22N2O3S/c1-2-13-11-4-3-6-14(8-11)12(15)10-5-7-18(16,17)9-10/h10-11,13H,2-9H2,1H3. The van der Waals surface area contributed by atoms with E-state index in [9.17, 15) is 13.2 Å². The molecule has 2 heterocycles. The van der Waals surface area contributed by atoms with Crippen LogP contribution in [0, 0.1) is 5.92 Å². The second kappa shape index (κ2) is 5.57. The summed E-state index contributed by atoms with van der Waals surface area (Å²) >= 11 is 0. The molecule has 2 aliphatic heterocycles. The first kappa shape index (κ1) is 13.8. The Kier molecular flexibility index (Phi) is 4.27. The molecule has 2 fully saturated rings. The first-order valence-electron chi connectivity index (χ1n) is 6.74. The highest BCUT2D eigenvalue weighted by Gasteiger charge is 2.36. The molecule has 0 aromatic heterocycles. The fourth-order valence-corrected chi connectivity index (χ4v) is 4.61. The van der Waals surface area contributed by atoms with Crippen molar-refractivity contribution in [2.45, 2.75) is 32.2 Å². The fraction of sp³-hybridized carbons (Fsp3) is 0.917. The molecule has 0 aromatic rings. The Morgan fingerprint density at radius 2 is 2.17 bits per heavy atom. The highest BCUT2D eigenvalue weighted by Crippen LogP contribution is 2.22. The van der Waals surface area contributed by atoms with Crippen molar-refractivity contribution in [3.8, 4) is 0 Å². The van der Waals surface area contributed by atoms with E-state index < -0.39 is 9.84 Å². The maximum atomic E-state index is 12.3. The second-order valence-electron chi connectivity index (χ2n) is 5.28. The molecular weight excluding hydrogens is 252 g/mol. The summed E-state index contributed by atoms with van der Waals surface area (Å²) in [5, 5.41) is 3.36. The van der Waals surface area contributed by atoms with Gasteiger partial charge in [-0.1, -0.05) is 6.92 Å². The van der Waals surface area contributed by atoms with E-state index in [0.29, 0.717) is 12.5 Å². The zero-order chi connectivity index (χ0) is 13.2. The van der Waals surface area contributed by atoms with E-state index in [1.54, 1.807) is 0 Å². The van der Waals surface area contributed by atoms with Gasteiger partial charge in [0, 0.05) is 19.1 Å². The largest absolute Gasteiger partial charge is 0.341 e. The van der Waals surface area contributed by atoms with Crippen molar-refractivity contribution in [2.24, 2.45) is 5.92 Å². The molecule has 2 unspecified atom stereocenters. The summed E-state index contributed by atoms with van der Waals surface area (Å²) in [5.74, 6) is -0.0312. The first-order valence-corrected chi connectivity index (χ1v) is 8.56. The number of amides is 1. The average Bonchev–Trinajstić information content (AvgIpc) is 2.70. The van der Waals surface area contributed by atoms with E-state index in [1.165, 1.54) is 0 Å². The summed E-state index contributed by atoms with van der Waals surface area (Å²) in [6.45, 7) is 4.47. The molecule has 6 heteroatoms. The molecule has 1 N–H and O–H groups in total. The Balaban J connectivity index is 1.93. The van der Waals surface area contributed by atoms with Gasteiger partial charge in [0.15, 0.2) is 9.84 Å². The van der Waals surface area contributed by atoms with Gasteiger partial charge in [-0.15, -0.1) is 0 Å².